The number of benzene rings is 1. The van der Waals surface area contributed by atoms with Gasteiger partial charge in [-0.1, -0.05) is 6.07 Å². The number of carbonyl (C=O) groups is 2. The van der Waals surface area contributed by atoms with Crippen molar-refractivity contribution in [1.29, 1.82) is 0 Å². The second kappa shape index (κ2) is 6.69. The smallest absolute Gasteiger partial charge is 0.387 e. The van der Waals surface area contributed by atoms with E-state index < -0.39 is 30.8 Å². The molecule has 0 aliphatic carbocycles. The van der Waals surface area contributed by atoms with E-state index in [1.165, 1.54) is 32.4 Å². The van der Waals surface area contributed by atoms with Crippen molar-refractivity contribution >= 4 is 11.9 Å². The maximum absolute atomic E-state index is 12.4. The molecule has 0 aliphatic heterocycles. The first-order chi connectivity index (χ1) is 9.36. The number of nitrogens with zero attached hydrogens (tertiary/aromatic N) is 1. The van der Waals surface area contributed by atoms with Gasteiger partial charge in [0.15, 0.2) is 11.5 Å². The summed E-state index contributed by atoms with van der Waals surface area (Å²) in [5.41, 5.74) is -0.201. The van der Waals surface area contributed by atoms with Crippen molar-refractivity contribution in [1.82, 2.24) is 4.90 Å². The topological polar surface area (TPSA) is 76.1 Å². The van der Waals surface area contributed by atoms with E-state index in [-0.39, 0.29) is 11.3 Å². The summed E-state index contributed by atoms with van der Waals surface area (Å²) in [4.78, 5) is 23.5. The van der Waals surface area contributed by atoms with Gasteiger partial charge in [0, 0.05) is 7.05 Å². The van der Waals surface area contributed by atoms with E-state index in [0.29, 0.717) is 0 Å². The molecule has 6 nitrogen and oxygen atoms in total. The summed E-state index contributed by atoms with van der Waals surface area (Å²) in [5.74, 6) is -2.45. The highest BCUT2D eigenvalue weighted by atomic mass is 19.3. The fourth-order valence-corrected chi connectivity index (χ4v) is 1.54. The monoisotopic (exact) mass is 289 g/mol. The van der Waals surface area contributed by atoms with Crippen molar-refractivity contribution < 1.29 is 33.0 Å². The van der Waals surface area contributed by atoms with Crippen LogP contribution in [-0.2, 0) is 4.79 Å². The van der Waals surface area contributed by atoms with Gasteiger partial charge in [-0.3, -0.25) is 9.59 Å². The lowest BCUT2D eigenvalue weighted by atomic mass is 10.1. The number of carbonyl (C=O) groups excluding carboxylic acids is 1. The van der Waals surface area contributed by atoms with Crippen LogP contribution in [0.15, 0.2) is 18.2 Å². The summed E-state index contributed by atoms with van der Waals surface area (Å²) in [7, 11) is 2.48. The molecule has 0 aromatic heterocycles. The zero-order valence-corrected chi connectivity index (χ0v) is 10.8. The molecule has 0 atom stereocenters. The summed E-state index contributed by atoms with van der Waals surface area (Å²) >= 11 is 0. The summed E-state index contributed by atoms with van der Waals surface area (Å²) < 4.78 is 33.9. The Labute approximate surface area is 113 Å². The van der Waals surface area contributed by atoms with Crippen molar-refractivity contribution in [3.63, 3.8) is 0 Å². The van der Waals surface area contributed by atoms with Gasteiger partial charge in [0.05, 0.1) is 12.7 Å². The number of likely N-dealkylation sites (N-methyl/N-ethyl adjacent to an activating group) is 1. The molecule has 0 bridgehead atoms. The molecular weight excluding hydrogens is 276 g/mol. The van der Waals surface area contributed by atoms with Gasteiger partial charge in [-0.2, -0.15) is 8.78 Å². The molecule has 8 heteroatoms. The van der Waals surface area contributed by atoms with E-state index in [2.05, 4.69) is 4.74 Å². The summed E-state index contributed by atoms with van der Waals surface area (Å²) in [6.07, 6.45) is 0. The molecule has 20 heavy (non-hydrogen) atoms. The molecule has 0 fully saturated rings. The molecular formula is C12H13F2NO5. The Bertz CT molecular complexity index is 507. The molecule has 0 spiro atoms. The van der Waals surface area contributed by atoms with Gasteiger partial charge >= 0.3 is 12.6 Å². The molecule has 1 rings (SSSR count). The number of methoxy groups -OCH3 is 1. The summed E-state index contributed by atoms with van der Waals surface area (Å²) in [6.45, 7) is -3.70. The minimum atomic E-state index is -3.14. The van der Waals surface area contributed by atoms with E-state index in [4.69, 9.17) is 9.84 Å². The standard InChI is InChI=1S/C12H13F2NO5/c1-15(6-9(16)17)11(18)7-4-3-5-8(19-2)10(7)20-12(13)14/h3-5,12H,6H2,1-2H3,(H,16,17). The number of aliphatic carboxylic acids is 1. The van der Waals surface area contributed by atoms with Crippen molar-refractivity contribution in [2.45, 2.75) is 6.61 Å². The minimum absolute atomic E-state index is 0.0418. The Morgan fingerprint density at radius 2 is 2.05 bits per heavy atom. The van der Waals surface area contributed by atoms with Crippen molar-refractivity contribution in [3.8, 4) is 11.5 Å². The average molecular weight is 289 g/mol. The third-order valence-corrected chi connectivity index (χ3v) is 2.36. The number of ether oxygens (including phenoxy) is 2. The molecule has 1 N–H and O–H groups in total. The minimum Gasteiger partial charge on any atom is -0.493 e. The molecule has 0 heterocycles. The zero-order chi connectivity index (χ0) is 15.3. The maximum Gasteiger partial charge on any atom is 0.387 e. The van der Waals surface area contributed by atoms with Gasteiger partial charge in [0.25, 0.3) is 5.91 Å². The lowest BCUT2D eigenvalue weighted by Crippen LogP contribution is -2.32. The maximum atomic E-state index is 12.4. The van der Waals surface area contributed by atoms with Gasteiger partial charge in [0.2, 0.25) is 0 Å². The lowest BCUT2D eigenvalue weighted by molar-refractivity contribution is -0.137. The Hall–Kier alpha value is -2.38. The Kier molecular flexibility index (Phi) is 5.24. The highest BCUT2D eigenvalue weighted by molar-refractivity contribution is 5.98. The molecule has 0 saturated carbocycles. The van der Waals surface area contributed by atoms with E-state index in [1.807, 2.05) is 0 Å². The van der Waals surface area contributed by atoms with Gasteiger partial charge in [-0.25, -0.2) is 0 Å². The number of halogens is 2. The molecule has 1 aromatic rings. The number of carboxylic acids is 1. The number of alkyl halides is 2. The third kappa shape index (κ3) is 3.81. The molecule has 110 valence electrons. The molecule has 0 aliphatic rings. The summed E-state index contributed by atoms with van der Waals surface area (Å²) in [5, 5.41) is 8.63. The Morgan fingerprint density at radius 3 is 2.55 bits per heavy atom. The first kappa shape index (κ1) is 15.7. The molecule has 0 saturated heterocycles. The number of para-hydroxylation sites is 1. The van der Waals surface area contributed by atoms with Crippen LogP contribution in [0.2, 0.25) is 0 Å². The van der Waals surface area contributed by atoms with Crippen LogP contribution >= 0.6 is 0 Å². The van der Waals surface area contributed by atoms with Crippen molar-refractivity contribution in [2.24, 2.45) is 0 Å². The number of hydrogen-bond acceptors (Lipinski definition) is 4. The highest BCUT2D eigenvalue weighted by Gasteiger charge is 2.23. The van der Waals surface area contributed by atoms with E-state index in [9.17, 15) is 18.4 Å². The average Bonchev–Trinajstić information content (AvgIpc) is 2.36. The Balaban J connectivity index is 3.15. The largest absolute Gasteiger partial charge is 0.493 e. The quantitative estimate of drug-likeness (QED) is 0.858. The highest BCUT2D eigenvalue weighted by Crippen LogP contribution is 2.33. The molecule has 0 unspecified atom stereocenters. The first-order valence-electron chi connectivity index (χ1n) is 5.46. The van der Waals surface area contributed by atoms with Gasteiger partial charge in [-0.15, -0.1) is 0 Å². The predicted octanol–water partition coefficient (Wildman–Crippen LogP) is 1.45. The third-order valence-electron chi connectivity index (χ3n) is 2.36. The fourth-order valence-electron chi connectivity index (χ4n) is 1.54. The second-order valence-corrected chi connectivity index (χ2v) is 3.77. The van der Waals surface area contributed by atoms with E-state index >= 15 is 0 Å². The van der Waals surface area contributed by atoms with Crippen molar-refractivity contribution in [2.75, 3.05) is 20.7 Å². The number of amides is 1. The predicted molar refractivity (Wildman–Crippen MR) is 64.2 cm³/mol. The fraction of sp³-hybridized carbons (Fsp3) is 0.333. The van der Waals surface area contributed by atoms with Crippen LogP contribution in [0.25, 0.3) is 0 Å². The van der Waals surface area contributed by atoms with E-state index in [0.717, 1.165) is 4.90 Å². The number of hydrogen-bond donors (Lipinski definition) is 1. The summed E-state index contributed by atoms with van der Waals surface area (Å²) in [6, 6.07) is 4.02. The molecule has 1 aromatic carbocycles. The van der Waals surface area contributed by atoms with Crippen LogP contribution in [0.1, 0.15) is 10.4 Å². The van der Waals surface area contributed by atoms with Crippen LogP contribution in [0.4, 0.5) is 8.78 Å². The molecule has 1 amide bonds. The lowest BCUT2D eigenvalue weighted by Gasteiger charge is -2.18. The van der Waals surface area contributed by atoms with Crippen LogP contribution in [0, 0.1) is 0 Å². The molecule has 0 radical (unpaired) electrons. The van der Waals surface area contributed by atoms with Crippen LogP contribution in [-0.4, -0.2) is 49.2 Å². The van der Waals surface area contributed by atoms with Crippen LogP contribution < -0.4 is 9.47 Å². The number of carboxylic acid groups (broad SMARTS) is 1. The van der Waals surface area contributed by atoms with Gasteiger partial charge in [0.1, 0.15) is 6.54 Å². The van der Waals surface area contributed by atoms with E-state index in [1.54, 1.807) is 0 Å². The Morgan fingerprint density at radius 1 is 1.40 bits per heavy atom. The van der Waals surface area contributed by atoms with Crippen LogP contribution in [0.5, 0.6) is 11.5 Å². The van der Waals surface area contributed by atoms with Crippen LogP contribution in [0.3, 0.4) is 0 Å². The second-order valence-electron chi connectivity index (χ2n) is 3.77. The number of rotatable bonds is 6. The zero-order valence-electron chi connectivity index (χ0n) is 10.8. The van der Waals surface area contributed by atoms with Gasteiger partial charge in [-0.05, 0) is 12.1 Å². The first-order valence-corrected chi connectivity index (χ1v) is 5.46. The van der Waals surface area contributed by atoms with Gasteiger partial charge < -0.3 is 19.5 Å². The normalized spacial score (nSPS) is 10.2. The van der Waals surface area contributed by atoms with Crippen molar-refractivity contribution in [3.05, 3.63) is 23.8 Å². The SMILES string of the molecule is COc1cccc(C(=O)N(C)CC(=O)O)c1OC(F)F.